The summed E-state index contributed by atoms with van der Waals surface area (Å²) in [5, 5.41) is 0. The van der Waals surface area contributed by atoms with Gasteiger partial charge in [0.05, 0.1) is 11.5 Å². The van der Waals surface area contributed by atoms with Crippen LogP contribution in [0, 0.1) is 13.8 Å². The molecule has 0 radical (unpaired) electrons. The predicted octanol–water partition coefficient (Wildman–Crippen LogP) is 3.85. The second-order valence-electron chi connectivity index (χ2n) is 7.65. The number of ether oxygens (including phenoxy) is 1. The van der Waals surface area contributed by atoms with Crippen LogP contribution >= 0.6 is 0 Å². The largest absolute Gasteiger partial charge is 0.485 e. The third kappa shape index (κ3) is 4.26. The Kier molecular flexibility index (Phi) is 5.47. The second-order valence-corrected chi connectivity index (χ2v) is 9.88. The van der Waals surface area contributed by atoms with Crippen LogP contribution in [0.15, 0.2) is 30.3 Å². The minimum absolute atomic E-state index is 0.0334. The molecule has 1 atom stereocenters. The SMILES string of the molecule is Cc1cc(C(=O)COc2ccc(C(C)C)cc2)c(C)n1C1CCS(=O)(=O)C1. The molecule has 0 saturated carbocycles. The highest BCUT2D eigenvalue weighted by molar-refractivity contribution is 7.91. The van der Waals surface area contributed by atoms with Gasteiger partial charge in [-0.25, -0.2) is 8.42 Å². The van der Waals surface area contributed by atoms with E-state index in [4.69, 9.17) is 4.74 Å². The summed E-state index contributed by atoms with van der Waals surface area (Å²) in [4.78, 5) is 12.7. The third-order valence-corrected chi connectivity index (χ3v) is 7.03. The molecule has 1 aliphatic heterocycles. The maximum absolute atomic E-state index is 12.7. The number of nitrogens with zero attached hydrogens (tertiary/aromatic N) is 1. The molecule has 0 bridgehead atoms. The molecule has 1 aliphatic rings. The van der Waals surface area contributed by atoms with Crippen molar-refractivity contribution >= 4 is 15.6 Å². The van der Waals surface area contributed by atoms with E-state index in [1.165, 1.54) is 5.56 Å². The summed E-state index contributed by atoms with van der Waals surface area (Å²) in [6.07, 6.45) is 0.602. The molecule has 2 aromatic rings. The molecule has 1 saturated heterocycles. The van der Waals surface area contributed by atoms with Gasteiger partial charge in [-0.1, -0.05) is 26.0 Å². The van der Waals surface area contributed by atoms with E-state index >= 15 is 0 Å². The maximum atomic E-state index is 12.7. The van der Waals surface area contributed by atoms with Gasteiger partial charge in [-0.3, -0.25) is 4.79 Å². The van der Waals surface area contributed by atoms with Gasteiger partial charge in [0.15, 0.2) is 16.4 Å². The van der Waals surface area contributed by atoms with Crippen molar-refractivity contribution in [1.82, 2.24) is 4.57 Å². The first-order chi connectivity index (χ1) is 12.7. The zero-order valence-electron chi connectivity index (χ0n) is 16.4. The van der Waals surface area contributed by atoms with Gasteiger partial charge in [0.1, 0.15) is 5.75 Å². The smallest absolute Gasteiger partial charge is 0.202 e. The molecule has 0 amide bonds. The predicted molar refractivity (Wildman–Crippen MR) is 107 cm³/mol. The van der Waals surface area contributed by atoms with Gasteiger partial charge in [-0.05, 0) is 49.9 Å². The summed E-state index contributed by atoms with van der Waals surface area (Å²) in [7, 11) is -2.97. The van der Waals surface area contributed by atoms with Crippen molar-refractivity contribution in [3.8, 4) is 5.75 Å². The molecule has 0 aliphatic carbocycles. The first kappa shape index (κ1) is 19.7. The van der Waals surface area contributed by atoms with E-state index in [0.717, 1.165) is 11.4 Å². The summed E-state index contributed by atoms with van der Waals surface area (Å²) in [6, 6.07) is 9.55. The Morgan fingerprint density at radius 1 is 1.22 bits per heavy atom. The first-order valence-electron chi connectivity index (χ1n) is 9.33. The molecule has 6 heteroatoms. The second kappa shape index (κ2) is 7.50. The molecule has 1 fully saturated rings. The number of benzene rings is 1. The van der Waals surface area contributed by atoms with Gasteiger partial charge in [0.25, 0.3) is 0 Å². The highest BCUT2D eigenvalue weighted by atomic mass is 32.2. The van der Waals surface area contributed by atoms with E-state index in [1.54, 1.807) is 0 Å². The van der Waals surface area contributed by atoms with Crippen LogP contribution in [0.2, 0.25) is 0 Å². The van der Waals surface area contributed by atoms with Crippen molar-refractivity contribution < 1.29 is 17.9 Å². The van der Waals surface area contributed by atoms with Gasteiger partial charge in [0.2, 0.25) is 5.78 Å². The van der Waals surface area contributed by atoms with E-state index < -0.39 is 9.84 Å². The van der Waals surface area contributed by atoms with Gasteiger partial charge in [0, 0.05) is 23.0 Å². The quantitative estimate of drug-likeness (QED) is 0.704. The number of hydrogen-bond donors (Lipinski definition) is 0. The molecule has 3 rings (SSSR count). The molecule has 1 aromatic heterocycles. The van der Waals surface area contributed by atoms with E-state index in [9.17, 15) is 13.2 Å². The molecular weight excluding hydrogens is 362 g/mol. The average molecular weight is 390 g/mol. The number of ketones is 1. The number of sulfone groups is 1. The van der Waals surface area contributed by atoms with Crippen LogP contribution in [0.25, 0.3) is 0 Å². The minimum atomic E-state index is -2.97. The van der Waals surface area contributed by atoms with Crippen molar-refractivity contribution in [2.75, 3.05) is 18.1 Å². The number of aromatic nitrogens is 1. The van der Waals surface area contributed by atoms with Crippen molar-refractivity contribution in [2.45, 2.75) is 46.1 Å². The molecule has 0 N–H and O–H groups in total. The van der Waals surface area contributed by atoms with Crippen molar-refractivity contribution in [2.24, 2.45) is 0 Å². The normalized spacial score (nSPS) is 18.8. The van der Waals surface area contributed by atoms with E-state index in [-0.39, 0.29) is 29.9 Å². The van der Waals surface area contributed by atoms with E-state index in [0.29, 0.717) is 23.7 Å². The lowest BCUT2D eigenvalue weighted by Crippen LogP contribution is -2.16. The summed E-state index contributed by atoms with van der Waals surface area (Å²) in [5.74, 6) is 1.39. The van der Waals surface area contributed by atoms with Crippen LogP contribution in [-0.2, 0) is 9.84 Å². The zero-order chi connectivity index (χ0) is 19.8. The van der Waals surface area contributed by atoms with E-state index in [1.807, 2.05) is 48.7 Å². The number of rotatable bonds is 6. The fourth-order valence-electron chi connectivity index (χ4n) is 3.78. The topological polar surface area (TPSA) is 65.4 Å². The molecule has 146 valence electrons. The Morgan fingerprint density at radius 2 is 1.89 bits per heavy atom. The molecule has 2 heterocycles. The van der Waals surface area contributed by atoms with Gasteiger partial charge in [-0.2, -0.15) is 0 Å². The van der Waals surface area contributed by atoms with Gasteiger partial charge >= 0.3 is 0 Å². The van der Waals surface area contributed by atoms with Crippen molar-refractivity contribution in [1.29, 1.82) is 0 Å². The van der Waals surface area contributed by atoms with Crippen LogP contribution < -0.4 is 4.74 Å². The number of aryl methyl sites for hydroxylation is 1. The fourth-order valence-corrected chi connectivity index (χ4v) is 5.48. The maximum Gasteiger partial charge on any atom is 0.202 e. The Morgan fingerprint density at radius 3 is 2.44 bits per heavy atom. The van der Waals surface area contributed by atoms with Crippen molar-refractivity contribution in [3.63, 3.8) is 0 Å². The van der Waals surface area contributed by atoms with Crippen LogP contribution in [0.4, 0.5) is 0 Å². The van der Waals surface area contributed by atoms with Crippen LogP contribution in [0.3, 0.4) is 0 Å². The average Bonchev–Trinajstić information content (AvgIpc) is 3.11. The standard InChI is InChI=1S/C21H27NO4S/c1-14(2)17-5-7-19(8-6-17)26-12-21(23)20-11-15(3)22(16(20)4)18-9-10-27(24,25)13-18/h5-8,11,14,18H,9-10,12-13H2,1-4H3. The van der Waals surface area contributed by atoms with Gasteiger partial charge < -0.3 is 9.30 Å². The molecule has 1 unspecified atom stereocenters. The lowest BCUT2D eigenvalue weighted by atomic mass is 10.0. The lowest BCUT2D eigenvalue weighted by molar-refractivity contribution is 0.0920. The summed E-state index contributed by atoms with van der Waals surface area (Å²) in [5.41, 5.74) is 3.57. The number of hydrogen-bond acceptors (Lipinski definition) is 4. The first-order valence-corrected chi connectivity index (χ1v) is 11.1. The number of carbonyl (C=O) groups is 1. The highest BCUT2D eigenvalue weighted by Gasteiger charge is 2.31. The summed E-state index contributed by atoms with van der Waals surface area (Å²) in [6.45, 7) is 8.02. The van der Waals surface area contributed by atoms with Crippen molar-refractivity contribution in [3.05, 3.63) is 52.8 Å². The van der Waals surface area contributed by atoms with Crippen LogP contribution in [0.1, 0.15) is 59.5 Å². The Hall–Kier alpha value is -2.08. The lowest BCUT2D eigenvalue weighted by Gasteiger charge is -2.16. The monoisotopic (exact) mass is 389 g/mol. The van der Waals surface area contributed by atoms with Crippen LogP contribution in [0.5, 0.6) is 5.75 Å². The Bertz CT molecular complexity index is 939. The molecule has 1 aromatic carbocycles. The van der Waals surface area contributed by atoms with Gasteiger partial charge in [-0.15, -0.1) is 0 Å². The number of carbonyl (C=O) groups excluding carboxylic acids is 1. The van der Waals surface area contributed by atoms with E-state index in [2.05, 4.69) is 13.8 Å². The summed E-state index contributed by atoms with van der Waals surface area (Å²) >= 11 is 0. The zero-order valence-corrected chi connectivity index (χ0v) is 17.2. The third-order valence-electron chi connectivity index (χ3n) is 5.28. The van der Waals surface area contributed by atoms with Crippen LogP contribution in [-0.4, -0.2) is 36.9 Å². The minimum Gasteiger partial charge on any atom is -0.485 e. The Balaban J connectivity index is 1.71. The molecule has 27 heavy (non-hydrogen) atoms. The molecule has 0 spiro atoms. The fraction of sp³-hybridized carbons (Fsp3) is 0.476. The Labute approximate surface area is 161 Å². The highest BCUT2D eigenvalue weighted by Crippen LogP contribution is 2.29. The number of Topliss-reactive ketones (excluding diaryl/α,β-unsaturated/α-hetero) is 1. The molecular formula is C21H27NO4S. The summed E-state index contributed by atoms with van der Waals surface area (Å²) < 4.78 is 31.3. The molecule has 5 nitrogen and oxygen atoms in total.